The minimum Gasteiger partial charge on any atom is -0.368 e. The van der Waals surface area contributed by atoms with Crippen LogP contribution in [0.15, 0.2) is 11.6 Å². The molecule has 0 aromatic heterocycles. The van der Waals surface area contributed by atoms with Crippen LogP contribution in [0.3, 0.4) is 0 Å². The minimum atomic E-state index is -0.280. The molecule has 0 aromatic rings. The van der Waals surface area contributed by atoms with E-state index < -0.39 is 0 Å². The molecule has 0 bridgehead atoms. The predicted octanol–water partition coefficient (Wildman–Crippen LogP) is 1.05. The van der Waals surface area contributed by atoms with Gasteiger partial charge in [-0.1, -0.05) is 25.5 Å². The van der Waals surface area contributed by atoms with Crippen molar-refractivity contribution in [1.82, 2.24) is 5.32 Å². The number of allylic oxidation sites excluding steroid dienone is 1. The monoisotopic (exact) mass is 184 g/mol. The molecular formula is C10H20N2O. The van der Waals surface area contributed by atoms with Gasteiger partial charge in [-0.2, -0.15) is 0 Å². The molecule has 0 heterocycles. The van der Waals surface area contributed by atoms with E-state index in [1.807, 2.05) is 33.8 Å². The van der Waals surface area contributed by atoms with Crippen molar-refractivity contribution in [3.8, 4) is 0 Å². The molecule has 0 fully saturated rings. The standard InChI is InChI=1S/C10H20N2O/c1-7(2)5-6-12-9(8(3)4)10(11)13/h5,8-9,12H,6H2,1-4H3,(H2,11,13). The van der Waals surface area contributed by atoms with Crippen molar-refractivity contribution in [3.05, 3.63) is 11.6 Å². The van der Waals surface area contributed by atoms with Crippen LogP contribution in [0, 0.1) is 5.92 Å². The quantitative estimate of drug-likeness (QED) is 0.627. The summed E-state index contributed by atoms with van der Waals surface area (Å²) in [6.45, 7) is 8.71. The van der Waals surface area contributed by atoms with Crippen molar-refractivity contribution >= 4 is 5.91 Å². The van der Waals surface area contributed by atoms with E-state index >= 15 is 0 Å². The highest BCUT2D eigenvalue weighted by Gasteiger charge is 2.17. The third kappa shape index (κ3) is 5.42. The minimum absolute atomic E-state index is 0.226. The summed E-state index contributed by atoms with van der Waals surface area (Å²) < 4.78 is 0. The fourth-order valence-corrected chi connectivity index (χ4v) is 1.05. The summed E-state index contributed by atoms with van der Waals surface area (Å²) in [5.74, 6) is -0.0415. The van der Waals surface area contributed by atoms with Gasteiger partial charge in [0.2, 0.25) is 5.91 Å². The lowest BCUT2D eigenvalue weighted by Gasteiger charge is -2.17. The second kappa shape index (κ2) is 5.75. The first-order valence-electron chi connectivity index (χ1n) is 4.61. The Morgan fingerprint density at radius 2 is 2.00 bits per heavy atom. The Labute approximate surface area is 80.4 Å². The SMILES string of the molecule is CC(C)=CCNC(C(N)=O)C(C)C. The molecule has 3 N–H and O–H groups in total. The van der Waals surface area contributed by atoms with Crippen LogP contribution in [-0.2, 0) is 4.79 Å². The van der Waals surface area contributed by atoms with E-state index in [4.69, 9.17) is 5.73 Å². The second-order valence-electron chi connectivity index (χ2n) is 3.81. The van der Waals surface area contributed by atoms with Gasteiger partial charge in [-0.05, 0) is 19.8 Å². The van der Waals surface area contributed by atoms with Crippen LogP contribution in [-0.4, -0.2) is 18.5 Å². The van der Waals surface area contributed by atoms with E-state index in [-0.39, 0.29) is 17.9 Å². The van der Waals surface area contributed by atoms with Crippen molar-refractivity contribution in [2.45, 2.75) is 33.7 Å². The topological polar surface area (TPSA) is 55.1 Å². The molecule has 1 unspecified atom stereocenters. The van der Waals surface area contributed by atoms with Crippen LogP contribution >= 0.6 is 0 Å². The van der Waals surface area contributed by atoms with Gasteiger partial charge < -0.3 is 11.1 Å². The van der Waals surface area contributed by atoms with Gasteiger partial charge in [0.05, 0.1) is 6.04 Å². The fourth-order valence-electron chi connectivity index (χ4n) is 1.05. The summed E-state index contributed by atoms with van der Waals surface area (Å²) in [4.78, 5) is 11.0. The summed E-state index contributed by atoms with van der Waals surface area (Å²) in [6.07, 6.45) is 2.04. The Bertz CT molecular complexity index is 193. The molecule has 0 aliphatic heterocycles. The Hall–Kier alpha value is -0.830. The van der Waals surface area contributed by atoms with Crippen LogP contribution in [0.4, 0.5) is 0 Å². The number of carbonyl (C=O) groups excluding carboxylic acids is 1. The summed E-state index contributed by atoms with van der Waals surface area (Å²) in [6, 6.07) is -0.226. The summed E-state index contributed by atoms with van der Waals surface area (Å²) >= 11 is 0. The van der Waals surface area contributed by atoms with Gasteiger partial charge in [0.25, 0.3) is 0 Å². The van der Waals surface area contributed by atoms with E-state index in [9.17, 15) is 4.79 Å². The molecule has 0 spiro atoms. The number of amides is 1. The van der Waals surface area contributed by atoms with Crippen LogP contribution in [0.1, 0.15) is 27.7 Å². The number of primary amides is 1. The highest BCUT2D eigenvalue weighted by molar-refractivity contribution is 5.80. The van der Waals surface area contributed by atoms with Gasteiger partial charge in [-0.3, -0.25) is 4.79 Å². The van der Waals surface area contributed by atoms with Crippen molar-refractivity contribution in [2.75, 3.05) is 6.54 Å². The highest BCUT2D eigenvalue weighted by atomic mass is 16.1. The molecule has 1 atom stereocenters. The maximum atomic E-state index is 11.0. The van der Waals surface area contributed by atoms with Gasteiger partial charge in [0.1, 0.15) is 0 Å². The number of hydrogen-bond donors (Lipinski definition) is 2. The molecule has 0 rings (SSSR count). The molecule has 0 aliphatic carbocycles. The zero-order chi connectivity index (χ0) is 10.4. The summed E-state index contributed by atoms with van der Waals surface area (Å²) in [7, 11) is 0. The second-order valence-corrected chi connectivity index (χ2v) is 3.81. The van der Waals surface area contributed by atoms with Crippen LogP contribution < -0.4 is 11.1 Å². The van der Waals surface area contributed by atoms with Gasteiger partial charge in [-0.15, -0.1) is 0 Å². The smallest absolute Gasteiger partial charge is 0.234 e. The summed E-state index contributed by atoms with van der Waals surface area (Å²) in [5.41, 5.74) is 6.47. The first kappa shape index (κ1) is 12.2. The average molecular weight is 184 g/mol. The van der Waals surface area contributed by atoms with Crippen LogP contribution in [0.2, 0.25) is 0 Å². The number of nitrogens with two attached hydrogens (primary N) is 1. The van der Waals surface area contributed by atoms with Crippen molar-refractivity contribution in [1.29, 1.82) is 0 Å². The Morgan fingerprint density at radius 1 is 1.46 bits per heavy atom. The molecule has 13 heavy (non-hydrogen) atoms. The van der Waals surface area contributed by atoms with Gasteiger partial charge in [0, 0.05) is 6.54 Å². The molecule has 0 aliphatic rings. The zero-order valence-corrected chi connectivity index (χ0v) is 8.92. The van der Waals surface area contributed by atoms with Gasteiger partial charge in [0.15, 0.2) is 0 Å². The van der Waals surface area contributed by atoms with Crippen molar-refractivity contribution in [2.24, 2.45) is 11.7 Å². The zero-order valence-electron chi connectivity index (χ0n) is 8.92. The maximum absolute atomic E-state index is 11.0. The predicted molar refractivity (Wildman–Crippen MR) is 55.3 cm³/mol. The normalized spacial score (nSPS) is 12.7. The molecule has 0 saturated heterocycles. The molecular weight excluding hydrogens is 164 g/mol. The lowest BCUT2D eigenvalue weighted by Crippen LogP contribution is -2.45. The first-order valence-corrected chi connectivity index (χ1v) is 4.61. The lowest BCUT2D eigenvalue weighted by molar-refractivity contribution is -0.120. The molecule has 0 aromatic carbocycles. The molecule has 0 radical (unpaired) electrons. The van der Waals surface area contributed by atoms with E-state index in [0.29, 0.717) is 6.54 Å². The average Bonchev–Trinajstić information content (AvgIpc) is 1.95. The molecule has 3 heteroatoms. The number of nitrogens with one attached hydrogen (secondary N) is 1. The highest BCUT2D eigenvalue weighted by Crippen LogP contribution is 2.00. The van der Waals surface area contributed by atoms with Crippen molar-refractivity contribution in [3.63, 3.8) is 0 Å². The van der Waals surface area contributed by atoms with Crippen LogP contribution in [0.25, 0.3) is 0 Å². The van der Waals surface area contributed by atoms with E-state index in [2.05, 4.69) is 5.32 Å². The largest absolute Gasteiger partial charge is 0.368 e. The number of rotatable bonds is 5. The van der Waals surface area contributed by atoms with Gasteiger partial charge >= 0.3 is 0 Å². The van der Waals surface area contributed by atoms with E-state index in [1.54, 1.807) is 0 Å². The van der Waals surface area contributed by atoms with Crippen molar-refractivity contribution < 1.29 is 4.79 Å². The Kier molecular flexibility index (Phi) is 5.39. The number of carbonyl (C=O) groups is 1. The lowest BCUT2D eigenvalue weighted by atomic mass is 10.0. The molecule has 1 amide bonds. The Morgan fingerprint density at radius 3 is 2.31 bits per heavy atom. The maximum Gasteiger partial charge on any atom is 0.234 e. The first-order chi connectivity index (χ1) is 5.95. The van der Waals surface area contributed by atoms with Gasteiger partial charge in [-0.25, -0.2) is 0 Å². The van der Waals surface area contributed by atoms with E-state index in [1.165, 1.54) is 5.57 Å². The molecule has 0 saturated carbocycles. The van der Waals surface area contributed by atoms with Crippen LogP contribution in [0.5, 0.6) is 0 Å². The molecule has 76 valence electrons. The fraction of sp³-hybridized carbons (Fsp3) is 0.700. The third-order valence-corrected chi connectivity index (χ3v) is 1.82. The third-order valence-electron chi connectivity index (χ3n) is 1.82. The molecule has 3 nitrogen and oxygen atoms in total. The summed E-state index contributed by atoms with van der Waals surface area (Å²) in [5, 5.41) is 3.10. The van der Waals surface area contributed by atoms with E-state index in [0.717, 1.165) is 0 Å². The number of hydrogen-bond acceptors (Lipinski definition) is 2. The Balaban J connectivity index is 3.98.